The van der Waals surface area contributed by atoms with Crippen molar-refractivity contribution in [3.63, 3.8) is 0 Å². The molecule has 70 heavy (non-hydrogen) atoms. The minimum absolute atomic E-state index is 0. The second kappa shape index (κ2) is 23.9. The summed E-state index contributed by atoms with van der Waals surface area (Å²) in [6, 6.07) is 40.0. The summed E-state index contributed by atoms with van der Waals surface area (Å²) < 4.78 is 12.3. The van der Waals surface area contributed by atoms with E-state index in [-0.39, 0.29) is 13.5 Å². The van der Waals surface area contributed by atoms with Crippen LogP contribution in [-0.4, -0.2) is 81.0 Å². The third-order valence-electron chi connectivity index (χ3n) is 12.8. The van der Waals surface area contributed by atoms with Crippen LogP contribution in [0.4, 0.5) is 0 Å². The number of hydrogen-bond donors (Lipinski definition) is 3. The Labute approximate surface area is 418 Å². The maximum atomic E-state index is 11.8. The molecule has 3 N–H and O–H groups in total. The number of hydrogen-bond acceptors (Lipinski definition) is 11. The number of nitrogens with one attached hydrogen (secondary N) is 1. The van der Waals surface area contributed by atoms with E-state index in [2.05, 4.69) is 71.5 Å². The fraction of sp³-hybridized carbons (Fsp3) is 0.281. The molecular weight excluding hydrogens is 917 g/mol. The van der Waals surface area contributed by atoms with Crippen LogP contribution in [0.2, 0.25) is 0 Å². The van der Waals surface area contributed by atoms with E-state index >= 15 is 0 Å². The summed E-state index contributed by atoms with van der Waals surface area (Å²) in [6.07, 6.45) is 10.5. The lowest BCUT2D eigenvalue weighted by molar-refractivity contribution is -0.145. The van der Waals surface area contributed by atoms with Gasteiger partial charge in [-0.1, -0.05) is 105 Å². The van der Waals surface area contributed by atoms with Gasteiger partial charge >= 0.3 is 11.9 Å². The molecule has 2 atom stereocenters. The summed E-state index contributed by atoms with van der Waals surface area (Å²) in [5.41, 5.74) is 13.5. The number of carboxylic acid groups (broad SMARTS) is 2. The average molecular weight is 977 g/mol. The zero-order chi connectivity index (χ0) is 48.4. The number of fused-ring (bicyclic) bond motifs is 2. The van der Waals surface area contributed by atoms with E-state index in [0.717, 1.165) is 117 Å². The van der Waals surface area contributed by atoms with Crippen LogP contribution < -0.4 is 5.32 Å². The SMILES string of the molecule is C.CSc1cc2oc(-c3cccc(-c4ccccc4)c3C)nc2cc1C=O.CSc1cc2oc(-c3cccc(-c4ccccc4)c3C)nc2cc1CN1CCCC[C@H]1C(=O)O.O=C(O)[C@@H]1CCCCN1. The number of nitrogens with zero attached hydrogens (tertiary/aromatic N) is 3. The Balaban J connectivity index is 0.000000177. The highest BCUT2D eigenvalue weighted by molar-refractivity contribution is 7.99. The first-order chi connectivity index (χ1) is 33.6. The Kier molecular flexibility index (Phi) is 17.5. The highest BCUT2D eigenvalue weighted by Crippen LogP contribution is 2.37. The first-order valence-electron chi connectivity index (χ1n) is 23.2. The molecule has 6 aromatic carbocycles. The molecule has 2 fully saturated rings. The lowest BCUT2D eigenvalue weighted by Crippen LogP contribution is -2.44. The van der Waals surface area contributed by atoms with E-state index in [4.69, 9.17) is 18.9 Å². The first-order valence-corrected chi connectivity index (χ1v) is 25.7. The van der Waals surface area contributed by atoms with Crippen molar-refractivity contribution in [2.75, 3.05) is 25.6 Å². The topological polar surface area (TPSA) is 159 Å². The summed E-state index contributed by atoms with van der Waals surface area (Å²) >= 11 is 3.18. The minimum atomic E-state index is -0.732. The third-order valence-corrected chi connectivity index (χ3v) is 14.4. The van der Waals surface area contributed by atoms with Crippen molar-refractivity contribution in [2.45, 2.75) is 88.2 Å². The van der Waals surface area contributed by atoms with Gasteiger partial charge in [-0.15, -0.1) is 23.5 Å². The molecule has 8 aromatic rings. The average Bonchev–Trinajstić information content (AvgIpc) is 4.00. The van der Waals surface area contributed by atoms with Crippen LogP contribution in [0.25, 0.3) is 67.4 Å². The second-order valence-corrected chi connectivity index (χ2v) is 18.9. The molecule has 2 aliphatic rings. The van der Waals surface area contributed by atoms with Gasteiger partial charge in [0.1, 0.15) is 23.1 Å². The summed E-state index contributed by atoms with van der Waals surface area (Å²) in [5.74, 6) is -0.264. The monoisotopic (exact) mass is 976 g/mol. The Hall–Kier alpha value is -6.51. The molecule has 0 radical (unpaired) electrons. The van der Waals surface area contributed by atoms with Gasteiger partial charge in [-0.05, 0) is 140 Å². The van der Waals surface area contributed by atoms with Gasteiger partial charge in [0.2, 0.25) is 11.8 Å². The number of likely N-dealkylation sites (tertiary alicyclic amines) is 1. The van der Waals surface area contributed by atoms with E-state index in [9.17, 15) is 19.5 Å². The van der Waals surface area contributed by atoms with E-state index in [1.807, 2.05) is 85.3 Å². The van der Waals surface area contributed by atoms with Crippen molar-refractivity contribution in [3.05, 3.63) is 144 Å². The Bertz CT molecular complexity index is 3070. The van der Waals surface area contributed by atoms with Crippen LogP contribution in [-0.2, 0) is 16.1 Å². The van der Waals surface area contributed by atoms with Crippen molar-refractivity contribution in [1.82, 2.24) is 20.2 Å². The van der Waals surface area contributed by atoms with Gasteiger partial charge in [-0.2, -0.15) is 0 Å². The largest absolute Gasteiger partial charge is 0.480 e. The number of thioether (sulfide) groups is 2. The fourth-order valence-electron chi connectivity index (χ4n) is 9.12. The Morgan fingerprint density at radius 3 is 1.69 bits per heavy atom. The molecule has 0 bridgehead atoms. The minimum Gasteiger partial charge on any atom is -0.480 e. The van der Waals surface area contributed by atoms with Crippen LogP contribution in [0.1, 0.15) is 73.0 Å². The molecule has 0 spiro atoms. The molecule has 0 aliphatic carbocycles. The normalized spacial score (nSPS) is 15.8. The van der Waals surface area contributed by atoms with Crippen LogP contribution in [0.3, 0.4) is 0 Å². The van der Waals surface area contributed by atoms with Crippen molar-refractivity contribution >= 4 is 63.9 Å². The van der Waals surface area contributed by atoms with E-state index in [0.29, 0.717) is 41.4 Å². The van der Waals surface area contributed by atoms with E-state index in [1.165, 1.54) is 17.3 Å². The van der Waals surface area contributed by atoms with Gasteiger partial charge in [0.05, 0.1) is 0 Å². The maximum absolute atomic E-state index is 11.8. The predicted molar refractivity (Wildman–Crippen MR) is 284 cm³/mol. The van der Waals surface area contributed by atoms with Crippen LogP contribution >= 0.6 is 23.5 Å². The molecule has 0 unspecified atom stereocenters. The molecule has 10 rings (SSSR count). The lowest BCUT2D eigenvalue weighted by atomic mass is 9.96. The van der Waals surface area contributed by atoms with Crippen LogP contribution in [0.5, 0.6) is 0 Å². The van der Waals surface area contributed by atoms with Gasteiger partial charge in [0.25, 0.3) is 0 Å². The molecule has 0 amide bonds. The molecule has 4 heterocycles. The number of rotatable bonds is 11. The molecule has 0 saturated carbocycles. The number of aromatic nitrogens is 2. The quantitative estimate of drug-likeness (QED) is 0.0831. The van der Waals surface area contributed by atoms with Crippen molar-refractivity contribution in [2.24, 2.45) is 0 Å². The molecular formula is C57H60N4O7S2. The number of aliphatic carboxylic acids is 2. The first kappa shape index (κ1) is 51.3. The van der Waals surface area contributed by atoms with Crippen LogP contribution in [0.15, 0.2) is 140 Å². The molecule has 2 aromatic heterocycles. The van der Waals surface area contributed by atoms with Gasteiger partial charge in [0.15, 0.2) is 17.5 Å². The summed E-state index contributed by atoms with van der Waals surface area (Å²) in [7, 11) is 0. The summed E-state index contributed by atoms with van der Waals surface area (Å²) in [4.78, 5) is 46.9. The molecule has 2 aliphatic heterocycles. The number of oxazole rings is 2. The molecule has 11 nitrogen and oxygen atoms in total. The standard InChI is InChI=1S/C28H28N2O3S.C22H17NO2S.C6H11NO2.CH4/c1-18-21(19-9-4-3-5-10-19)11-8-12-22(18)27-29-23-15-20(26(34-2)16-25(23)33-27)17-30-14-7-6-13-24(30)28(31)32;1-14-17(15-7-4-3-5-8-15)9-6-10-18(14)22-23-19-11-16(13-24)21(26-2)12-20(19)25-22;8-6(9)5-3-1-2-4-7-5;/h3-5,8-12,15-16,24H,6-7,13-14,17H2,1-2H3,(H,31,32);3-13H,1-2H3;5,7H,1-4H2,(H,8,9);1H4/t24-;;5-;/m0.0./s1. The predicted octanol–water partition coefficient (Wildman–Crippen LogP) is 13.5. The van der Waals surface area contributed by atoms with Crippen molar-refractivity contribution < 1.29 is 33.4 Å². The smallest absolute Gasteiger partial charge is 0.320 e. The number of aldehydes is 1. The fourth-order valence-corrected chi connectivity index (χ4v) is 10.3. The van der Waals surface area contributed by atoms with Crippen LogP contribution in [0, 0.1) is 13.8 Å². The highest BCUT2D eigenvalue weighted by Gasteiger charge is 2.29. The van der Waals surface area contributed by atoms with Crippen molar-refractivity contribution in [3.8, 4) is 45.2 Å². The second-order valence-electron chi connectivity index (χ2n) is 17.2. The zero-order valence-electron chi connectivity index (χ0n) is 39.2. The number of piperidine rings is 2. The zero-order valence-corrected chi connectivity index (χ0v) is 40.9. The number of carbonyl (C=O) groups excluding carboxylic acids is 1. The van der Waals surface area contributed by atoms with Gasteiger partial charge in [-0.25, -0.2) is 9.97 Å². The Morgan fingerprint density at radius 1 is 0.671 bits per heavy atom. The highest BCUT2D eigenvalue weighted by atomic mass is 32.2. The maximum Gasteiger partial charge on any atom is 0.320 e. The number of benzene rings is 6. The molecule has 362 valence electrons. The van der Waals surface area contributed by atoms with Gasteiger partial charge in [0, 0.05) is 33.0 Å². The third kappa shape index (κ3) is 11.7. The summed E-state index contributed by atoms with van der Waals surface area (Å²) in [5, 5.41) is 21.1. The Morgan fingerprint density at radius 2 is 1.20 bits per heavy atom. The van der Waals surface area contributed by atoms with E-state index in [1.54, 1.807) is 17.8 Å². The molecule has 13 heteroatoms. The number of carboxylic acids is 2. The van der Waals surface area contributed by atoms with Crippen molar-refractivity contribution in [1.29, 1.82) is 0 Å². The van der Waals surface area contributed by atoms with Gasteiger partial charge < -0.3 is 24.4 Å². The van der Waals surface area contributed by atoms with Gasteiger partial charge in [-0.3, -0.25) is 19.3 Å². The number of carbonyl (C=O) groups is 3. The lowest BCUT2D eigenvalue weighted by Gasteiger charge is -2.33. The summed E-state index contributed by atoms with van der Waals surface area (Å²) in [6.45, 7) is 6.45. The molecule has 2 saturated heterocycles. The van der Waals surface area contributed by atoms with E-state index < -0.39 is 18.0 Å².